The molecule has 0 atom stereocenters. The van der Waals surface area contributed by atoms with Gasteiger partial charge in [0.05, 0.1) is 18.1 Å². The molecule has 1 aliphatic carbocycles. The van der Waals surface area contributed by atoms with Gasteiger partial charge in [0.15, 0.2) is 0 Å². The van der Waals surface area contributed by atoms with E-state index in [1.807, 2.05) is 0 Å². The predicted octanol–water partition coefficient (Wildman–Crippen LogP) is 1.17. The first kappa shape index (κ1) is 10.8. The van der Waals surface area contributed by atoms with Crippen molar-refractivity contribution in [1.82, 2.24) is 9.97 Å². The highest BCUT2D eigenvalue weighted by atomic mass is 19.4. The summed E-state index contributed by atoms with van der Waals surface area (Å²) in [7, 11) is 0. The Hall–Kier alpha value is -1.66. The van der Waals surface area contributed by atoms with Crippen LogP contribution in [0, 0.1) is 0 Å². The number of alkyl halides is 3. The molecule has 7 heteroatoms. The SMILES string of the molecule is NC(=O)c1cnc(C2(C(F)(F)F)CC2)cn1. The maximum Gasteiger partial charge on any atom is 0.400 e. The summed E-state index contributed by atoms with van der Waals surface area (Å²) >= 11 is 0. The van der Waals surface area contributed by atoms with Crippen molar-refractivity contribution >= 4 is 5.91 Å². The Kier molecular flexibility index (Phi) is 2.14. The van der Waals surface area contributed by atoms with Crippen molar-refractivity contribution in [1.29, 1.82) is 0 Å². The lowest BCUT2D eigenvalue weighted by Gasteiger charge is -2.17. The topological polar surface area (TPSA) is 68.9 Å². The van der Waals surface area contributed by atoms with Gasteiger partial charge in [0, 0.05) is 0 Å². The van der Waals surface area contributed by atoms with Gasteiger partial charge in [-0.25, -0.2) is 4.98 Å². The number of hydrogen-bond donors (Lipinski definition) is 1. The van der Waals surface area contributed by atoms with Gasteiger partial charge < -0.3 is 5.73 Å². The Bertz CT molecular complexity index is 423. The first-order valence-corrected chi connectivity index (χ1v) is 4.56. The fraction of sp³-hybridized carbons (Fsp3) is 0.444. The first-order valence-electron chi connectivity index (χ1n) is 4.56. The van der Waals surface area contributed by atoms with E-state index >= 15 is 0 Å². The summed E-state index contributed by atoms with van der Waals surface area (Å²) in [6.45, 7) is 0. The number of primary amides is 1. The van der Waals surface area contributed by atoms with Gasteiger partial charge in [0.25, 0.3) is 5.91 Å². The summed E-state index contributed by atoms with van der Waals surface area (Å²) in [6.07, 6.45) is -2.35. The minimum atomic E-state index is -4.32. The molecule has 2 N–H and O–H groups in total. The lowest BCUT2D eigenvalue weighted by Crippen LogP contribution is -2.30. The zero-order valence-corrected chi connectivity index (χ0v) is 8.08. The van der Waals surface area contributed by atoms with E-state index in [9.17, 15) is 18.0 Å². The number of rotatable bonds is 2. The van der Waals surface area contributed by atoms with E-state index in [1.54, 1.807) is 0 Å². The highest BCUT2D eigenvalue weighted by molar-refractivity contribution is 5.90. The molecule has 1 fully saturated rings. The zero-order valence-electron chi connectivity index (χ0n) is 8.08. The molecule has 1 amide bonds. The lowest BCUT2D eigenvalue weighted by atomic mass is 10.0. The molecule has 0 aliphatic heterocycles. The van der Waals surface area contributed by atoms with Crippen LogP contribution in [-0.4, -0.2) is 22.1 Å². The monoisotopic (exact) mass is 231 g/mol. The summed E-state index contributed by atoms with van der Waals surface area (Å²) in [4.78, 5) is 17.9. The summed E-state index contributed by atoms with van der Waals surface area (Å²) < 4.78 is 38.0. The van der Waals surface area contributed by atoms with E-state index in [4.69, 9.17) is 5.73 Å². The molecule has 0 bridgehead atoms. The van der Waals surface area contributed by atoms with Crippen molar-refractivity contribution in [2.45, 2.75) is 24.4 Å². The van der Waals surface area contributed by atoms with Gasteiger partial charge in [-0.15, -0.1) is 0 Å². The number of amides is 1. The van der Waals surface area contributed by atoms with E-state index in [1.165, 1.54) is 0 Å². The van der Waals surface area contributed by atoms with Gasteiger partial charge in [0.2, 0.25) is 0 Å². The van der Waals surface area contributed by atoms with Crippen molar-refractivity contribution in [3.8, 4) is 0 Å². The van der Waals surface area contributed by atoms with Crippen LogP contribution in [0.1, 0.15) is 29.0 Å². The first-order chi connectivity index (χ1) is 7.37. The minimum absolute atomic E-state index is 0.0150. The van der Waals surface area contributed by atoms with Crippen molar-refractivity contribution in [2.75, 3.05) is 0 Å². The van der Waals surface area contributed by atoms with Crippen LogP contribution < -0.4 is 5.73 Å². The molecule has 0 aromatic carbocycles. The molecule has 1 heterocycles. The molecule has 1 aromatic rings. The van der Waals surface area contributed by atoms with Crippen molar-refractivity contribution in [3.05, 3.63) is 23.8 Å². The highest BCUT2D eigenvalue weighted by Gasteiger charge is 2.65. The van der Waals surface area contributed by atoms with Gasteiger partial charge in [-0.05, 0) is 12.8 Å². The predicted molar refractivity (Wildman–Crippen MR) is 47.5 cm³/mol. The summed E-state index contributed by atoms with van der Waals surface area (Å²) in [5, 5.41) is 0. The number of nitrogens with zero attached hydrogens (tertiary/aromatic N) is 2. The molecular weight excluding hydrogens is 223 g/mol. The summed E-state index contributed by atoms with van der Waals surface area (Å²) in [5.74, 6) is -0.809. The van der Waals surface area contributed by atoms with E-state index in [2.05, 4.69) is 9.97 Å². The second kappa shape index (κ2) is 3.16. The number of carbonyl (C=O) groups excluding carboxylic acids is 1. The number of nitrogens with two attached hydrogens (primary N) is 1. The maximum absolute atomic E-state index is 12.7. The Morgan fingerprint density at radius 1 is 1.31 bits per heavy atom. The Labute approximate surface area is 88.7 Å². The Morgan fingerprint density at radius 2 is 1.94 bits per heavy atom. The molecule has 2 rings (SSSR count). The number of carbonyl (C=O) groups is 1. The molecule has 0 spiro atoms. The van der Waals surface area contributed by atoms with Crippen LogP contribution in [0.5, 0.6) is 0 Å². The van der Waals surface area contributed by atoms with Crippen LogP contribution in [0.2, 0.25) is 0 Å². The van der Waals surface area contributed by atoms with Crippen molar-refractivity contribution in [3.63, 3.8) is 0 Å². The third-order valence-electron chi connectivity index (χ3n) is 2.69. The lowest BCUT2D eigenvalue weighted by molar-refractivity contribution is -0.161. The van der Waals surface area contributed by atoms with Crippen LogP contribution >= 0.6 is 0 Å². The van der Waals surface area contributed by atoms with E-state index in [0.29, 0.717) is 0 Å². The minimum Gasteiger partial charge on any atom is -0.364 e. The Morgan fingerprint density at radius 3 is 2.25 bits per heavy atom. The van der Waals surface area contributed by atoms with Gasteiger partial charge >= 0.3 is 6.18 Å². The van der Waals surface area contributed by atoms with E-state index in [0.717, 1.165) is 12.4 Å². The Balaban J connectivity index is 2.33. The highest BCUT2D eigenvalue weighted by Crippen LogP contribution is 2.58. The van der Waals surface area contributed by atoms with Crippen LogP contribution in [0.25, 0.3) is 0 Å². The number of halogens is 3. The van der Waals surface area contributed by atoms with Crippen LogP contribution in [0.3, 0.4) is 0 Å². The smallest absolute Gasteiger partial charge is 0.364 e. The number of aromatic nitrogens is 2. The molecule has 0 unspecified atom stereocenters. The molecule has 16 heavy (non-hydrogen) atoms. The largest absolute Gasteiger partial charge is 0.400 e. The van der Waals surface area contributed by atoms with Crippen LogP contribution in [-0.2, 0) is 5.41 Å². The van der Waals surface area contributed by atoms with E-state index in [-0.39, 0.29) is 24.2 Å². The summed E-state index contributed by atoms with van der Waals surface area (Å²) in [5.41, 5.74) is 2.76. The molecular formula is C9H8F3N3O. The van der Waals surface area contributed by atoms with E-state index < -0.39 is 17.5 Å². The molecule has 1 aromatic heterocycles. The fourth-order valence-corrected chi connectivity index (χ4v) is 1.51. The number of hydrogen-bond acceptors (Lipinski definition) is 3. The normalized spacial score (nSPS) is 18.2. The molecule has 0 saturated heterocycles. The van der Waals surface area contributed by atoms with Crippen molar-refractivity contribution < 1.29 is 18.0 Å². The molecule has 1 aliphatic rings. The second-order valence-electron chi connectivity index (χ2n) is 3.73. The molecule has 86 valence electrons. The average molecular weight is 231 g/mol. The quantitative estimate of drug-likeness (QED) is 0.830. The fourth-order valence-electron chi connectivity index (χ4n) is 1.51. The second-order valence-corrected chi connectivity index (χ2v) is 3.73. The molecule has 4 nitrogen and oxygen atoms in total. The average Bonchev–Trinajstić information content (AvgIpc) is 2.97. The summed E-state index contributed by atoms with van der Waals surface area (Å²) in [6, 6.07) is 0. The van der Waals surface area contributed by atoms with Gasteiger partial charge in [-0.3, -0.25) is 9.78 Å². The third-order valence-corrected chi connectivity index (χ3v) is 2.69. The van der Waals surface area contributed by atoms with Crippen LogP contribution in [0.15, 0.2) is 12.4 Å². The zero-order chi connectivity index (χ0) is 12.0. The van der Waals surface area contributed by atoms with Gasteiger partial charge in [0.1, 0.15) is 11.1 Å². The van der Waals surface area contributed by atoms with Crippen LogP contribution in [0.4, 0.5) is 13.2 Å². The van der Waals surface area contributed by atoms with Gasteiger partial charge in [-0.1, -0.05) is 0 Å². The van der Waals surface area contributed by atoms with Crippen molar-refractivity contribution in [2.24, 2.45) is 5.73 Å². The molecule has 0 radical (unpaired) electrons. The third kappa shape index (κ3) is 1.52. The molecule has 1 saturated carbocycles. The maximum atomic E-state index is 12.7. The van der Waals surface area contributed by atoms with Gasteiger partial charge in [-0.2, -0.15) is 13.2 Å². The standard InChI is InChI=1S/C9H8F3N3O/c10-9(11,12)8(1-2-8)6-4-14-5(3-15-6)7(13)16/h3-4H,1-2H2,(H2,13,16).